The molecule has 0 aliphatic heterocycles. The summed E-state index contributed by atoms with van der Waals surface area (Å²) in [6, 6.07) is 1.33. The van der Waals surface area contributed by atoms with Gasteiger partial charge < -0.3 is 5.32 Å². The highest BCUT2D eigenvalue weighted by molar-refractivity contribution is 5.96. The van der Waals surface area contributed by atoms with E-state index in [1.165, 1.54) is 6.92 Å². The van der Waals surface area contributed by atoms with Gasteiger partial charge in [0.25, 0.3) is 5.91 Å². The normalized spacial score (nSPS) is 11.2. The molecule has 9 heteroatoms. The van der Waals surface area contributed by atoms with Crippen molar-refractivity contribution in [1.29, 1.82) is 0 Å². The molecule has 0 aliphatic carbocycles. The highest BCUT2D eigenvalue weighted by Gasteiger charge is 2.29. The number of nitrogens with one attached hydrogen (secondary N) is 1. The quantitative estimate of drug-likeness (QED) is 0.524. The minimum atomic E-state index is -4.60. The second-order valence-electron chi connectivity index (χ2n) is 3.67. The van der Waals surface area contributed by atoms with E-state index in [4.69, 9.17) is 0 Å². The lowest BCUT2D eigenvalue weighted by Crippen LogP contribution is -2.34. The second-order valence-corrected chi connectivity index (χ2v) is 3.67. The van der Waals surface area contributed by atoms with E-state index >= 15 is 0 Å². The van der Waals surface area contributed by atoms with Gasteiger partial charge in [0.05, 0.1) is 4.92 Å². The summed E-state index contributed by atoms with van der Waals surface area (Å²) in [5.74, 6) is -2.31. The van der Waals surface area contributed by atoms with Gasteiger partial charge in [-0.25, -0.2) is 0 Å². The molecule has 0 aromatic heterocycles. The summed E-state index contributed by atoms with van der Waals surface area (Å²) in [6.07, 6.45) is -4.60. The third kappa shape index (κ3) is 3.90. The maximum atomic E-state index is 13.2. The van der Waals surface area contributed by atoms with Gasteiger partial charge >= 0.3 is 11.9 Å². The third-order valence-electron chi connectivity index (χ3n) is 2.18. The van der Waals surface area contributed by atoms with Crippen LogP contribution in [-0.4, -0.2) is 23.6 Å². The Morgan fingerprint density at radius 3 is 2.47 bits per heavy atom. The number of alkyl halides is 3. The molecule has 1 aromatic rings. The zero-order valence-electron chi connectivity index (χ0n) is 9.55. The van der Waals surface area contributed by atoms with Gasteiger partial charge in [0, 0.05) is 11.6 Å². The third-order valence-corrected chi connectivity index (χ3v) is 2.18. The molecule has 0 heterocycles. The maximum absolute atomic E-state index is 13.2. The number of halogens is 4. The first-order chi connectivity index (χ1) is 8.61. The van der Waals surface area contributed by atoms with Crippen LogP contribution in [0.4, 0.5) is 23.2 Å². The molecule has 5 nitrogen and oxygen atoms in total. The molecule has 0 radical (unpaired) electrons. The molecule has 0 saturated heterocycles. The molecule has 1 aromatic carbocycles. The van der Waals surface area contributed by atoms with Crippen molar-refractivity contribution in [3.63, 3.8) is 0 Å². The van der Waals surface area contributed by atoms with Gasteiger partial charge in [-0.05, 0) is 18.6 Å². The minimum Gasteiger partial charge on any atom is -0.343 e. The van der Waals surface area contributed by atoms with Crippen LogP contribution >= 0.6 is 0 Å². The monoisotopic (exact) mass is 280 g/mol. The van der Waals surface area contributed by atoms with Crippen molar-refractivity contribution in [3.8, 4) is 0 Å². The molecule has 1 rings (SSSR count). The van der Waals surface area contributed by atoms with Gasteiger partial charge in [-0.3, -0.25) is 14.9 Å². The minimum absolute atomic E-state index is 0.00257. The number of carbonyl (C=O) groups is 1. The Morgan fingerprint density at radius 1 is 1.42 bits per heavy atom. The number of nitrogens with zero attached hydrogens (tertiary/aromatic N) is 1. The summed E-state index contributed by atoms with van der Waals surface area (Å²) in [4.78, 5) is 20.9. The van der Waals surface area contributed by atoms with E-state index in [0.717, 1.165) is 6.07 Å². The van der Waals surface area contributed by atoms with Crippen LogP contribution in [0.25, 0.3) is 0 Å². The first kappa shape index (κ1) is 14.9. The van der Waals surface area contributed by atoms with E-state index in [-0.39, 0.29) is 11.1 Å². The van der Waals surface area contributed by atoms with Crippen molar-refractivity contribution in [1.82, 2.24) is 5.32 Å². The van der Waals surface area contributed by atoms with Gasteiger partial charge in [0.1, 0.15) is 6.54 Å². The van der Waals surface area contributed by atoms with Crippen LogP contribution in [0.1, 0.15) is 15.9 Å². The summed E-state index contributed by atoms with van der Waals surface area (Å²) in [7, 11) is 0. The van der Waals surface area contributed by atoms with Gasteiger partial charge in [-0.15, -0.1) is 0 Å². The van der Waals surface area contributed by atoms with Crippen LogP contribution in [0.15, 0.2) is 12.1 Å². The van der Waals surface area contributed by atoms with Crippen LogP contribution in [0.5, 0.6) is 0 Å². The number of hydrogen-bond acceptors (Lipinski definition) is 3. The lowest BCUT2D eigenvalue weighted by Gasteiger charge is -2.10. The maximum Gasteiger partial charge on any atom is 0.405 e. The van der Waals surface area contributed by atoms with Gasteiger partial charge in [-0.2, -0.15) is 17.6 Å². The Balaban J connectivity index is 3.03. The van der Waals surface area contributed by atoms with E-state index in [1.54, 1.807) is 5.32 Å². The number of carbonyl (C=O) groups excluding carboxylic acids is 1. The van der Waals surface area contributed by atoms with Crippen molar-refractivity contribution in [2.45, 2.75) is 13.1 Å². The fraction of sp³-hybridized carbons (Fsp3) is 0.300. The summed E-state index contributed by atoms with van der Waals surface area (Å²) >= 11 is 0. The molecular formula is C10H8F4N2O3. The molecule has 1 N–H and O–H groups in total. The average Bonchev–Trinajstić information content (AvgIpc) is 2.24. The number of benzene rings is 1. The van der Waals surface area contributed by atoms with Crippen LogP contribution in [0.3, 0.4) is 0 Å². The fourth-order valence-corrected chi connectivity index (χ4v) is 1.32. The smallest absolute Gasteiger partial charge is 0.343 e. The predicted molar refractivity (Wildman–Crippen MR) is 56.2 cm³/mol. The Labute approximate surface area is 104 Å². The molecule has 0 unspecified atom stereocenters. The topological polar surface area (TPSA) is 72.2 Å². The number of nitro benzene ring substituents is 1. The average molecular weight is 280 g/mol. The molecule has 0 saturated carbocycles. The lowest BCUT2D eigenvalue weighted by molar-refractivity contribution is -0.387. The van der Waals surface area contributed by atoms with Gasteiger partial charge in [-0.1, -0.05) is 0 Å². The summed E-state index contributed by atoms with van der Waals surface area (Å²) < 4.78 is 48.9. The SMILES string of the molecule is Cc1cc(F)c([N+](=O)[O-])cc1C(=O)NCC(F)(F)F. The standard InChI is InChI=1S/C10H8F4N2O3/c1-5-2-7(11)8(16(18)19)3-6(5)9(17)15-4-10(12,13)14/h2-3H,4H2,1H3,(H,15,17). The lowest BCUT2D eigenvalue weighted by atomic mass is 10.1. The fourth-order valence-electron chi connectivity index (χ4n) is 1.32. The molecule has 104 valence electrons. The molecule has 19 heavy (non-hydrogen) atoms. The number of amides is 1. The zero-order valence-corrected chi connectivity index (χ0v) is 9.55. The zero-order chi connectivity index (χ0) is 14.8. The van der Waals surface area contributed by atoms with Crippen molar-refractivity contribution >= 4 is 11.6 Å². The van der Waals surface area contributed by atoms with E-state index in [9.17, 15) is 32.5 Å². The number of aryl methyl sites for hydroxylation is 1. The molecule has 0 fully saturated rings. The van der Waals surface area contributed by atoms with E-state index in [2.05, 4.69) is 0 Å². The highest BCUT2D eigenvalue weighted by atomic mass is 19.4. The summed E-state index contributed by atoms with van der Waals surface area (Å²) in [5.41, 5.74) is -1.34. The Kier molecular flexibility index (Phi) is 4.07. The van der Waals surface area contributed by atoms with E-state index < -0.39 is 35.1 Å². The van der Waals surface area contributed by atoms with Crippen LogP contribution < -0.4 is 5.32 Å². The first-order valence-corrected chi connectivity index (χ1v) is 4.91. The van der Waals surface area contributed by atoms with Crippen molar-refractivity contribution in [2.24, 2.45) is 0 Å². The van der Waals surface area contributed by atoms with Crippen molar-refractivity contribution < 1.29 is 27.3 Å². The first-order valence-electron chi connectivity index (χ1n) is 4.91. The predicted octanol–water partition coefficient (Wildman–Crippen LogP) is 2.33. The Hall–Kier alpha value is -2.19. The van der Waals surface area contributed by atoms with E-state index in [0.29, 0.717) is 6.07 Å². The van der Waals surface area contributed by atoms with Crippen LogP contribution in [0, 0.1) is 22.9 Å². The summed E-state index contributed by atoms with van der Waals surface area (Å²) in [5, 5.41) is 12.0. The largest absolute Gasteiger partial charge is 0.405 e. The highest BCUT2D eigenvalue weighted by Crippen LogP contribution is 2.22. The van der Waals surface area contributed by atoms with E-state index in [1.807, 2.05) is 0 Å². The van der Waals surface area contributed by atoms with Crippen LogP contribution in [0.2, 0.25) is 0 Å². The Bertz CT molecular complexity index is 528. The number of nitro groups is 1. The van der Waals surface area contributed by atoms with Crippen molar-refractivity contribution in [2.75, 3.05) is 6.54 Å². The molecular weight excluding hydrogens is 272 g/mol. The summed E-state index contributed by atoms with van der Waals surface area (Å²) in [6.45, 7) is -0.314. The molecule has 0 bridgehead atoms. The van der Waals surface area contributed by atoms with Crippen molar-refractivity contribution in [3.05, 3.63) is 39.2 Å². The van der Waals surface area contributed by atoms with Gasteiger partial charge in [0.2, 0.25) is 5.82 Å². The molecule has 0 aliphatic rings. The number of hydrogen-bond donors (Lipinski definition) is 1. The van der Waals surface area contributed by atoms with Crippen LogP contribution in [-0.2, 0) is 0 Å². The molecule has 0 atom stereocenters. The second kappa shape index (κ2) is 5.21. The molecule has 0 spiro atoms. The van der Waals surface area contributed by atoms with Gasteiger partial charge in [0.15, 0.2) is 0 Å². The Morgan fingerprint density at radius 2 is 2.00 bits per heavy atom. The molecule has 1 amide bonds. The number of rotatable bonds is 3.